The molecule has 2 atom stereocenters. The zero-order valence-electron chi connectivity index (χ0n) is 10.5. The number of hydrogen-bond acceptors (Lipinski definition) is 1. The highest BCUT2D eigenvalue weighted by Crippen LogP contribution is 2.73. The van der Waals surface area contributed by atoms with Gasteiger partial charge in [-0.1, -0.05) is 20.8 Å². The molecule has 0 aromatic carbocycles. The largest absolute Gasteiger partial charge is 0.481 e. The fraction of sp³-hybridized carbons (Fsp3) is 0.929. The first-order chi connectivity index (χ1) is 7.31. The van der Waals surface area contributed by atoms with Gasteiger partial charge in [-0.25, -0.2) is 0 Å². The van der Waals surface area contributed by atoms with Crippen molar-refractivity contribution < 1.29 is 9.90 Å². The van der Waals surface area contributed by atoms with Crippen LogP contribution in [0.5, 0.6) is 0 Å². The molecule has 2 nitrogen and oxygen atoms in total. The van der Waals surface area contributed by atoms with E-state index in [2.05, 4.69) is 20.8 Å². The van der Waals surface area contributed by atoms with Gasteiger partial charge in [0.25, 0.3) is 0 Å². The third-order valence-electron chi connectivity index (χ3n) is 6.53. The van der Waals surface area contributed by atoms with E-state index in [-0.39, 0.29) is 10.8 Å². The molecule has 0 aromatic heterocycles. The summed E-state index contributed by atoms with van der Waals surface area (Å²) in [5, 5.41) is 9.73. The minimum atomic E-state index is -0.530. The van der Waals surface area contributed by atoms with Gasteiger partial charge >= 0.3 is 5.97 Å². The van der Waals surface area contributed by atoms with Gasteiger partial charge in [-0.2, -0.15) is 0 Å². The monoisotopic (exact) mass is 222 g/mol. The maximum atomic E-state index is 11.8. The maximum Gasteiger partial charge on any atom is 0.310 e. The number of carboxylic acid groups (broad SMARTS) is 1. The lowest BCUT2D eigenvalue weighted by Crippen LogP contribution is -2.65. The summed E-state index contributed by atoms with van der Waals surface area (Å²) in [6.07, 6.45) is 5.67. The van der Waals surface area contributed by atoms with Crippen LogP contribution in [0.15, 0.2) is 0 Å². The van der Waals surface area contributed by atoms with Crippen LogP contribution >= 0.6 is 0 Å². The van der Waals surface area contributed by atoms with Crippen molar-refractivity contribution in [2.24, 2.45) is 28.1 Å². The second-order valence-corrected chi connectivity index (χ2v) is 7.36. The van der Waals surface area contributed by atoms with Crippen molar-refractivity contribution in [3.63, 3.8) is 0 Å². The van der Waals surface area contributed by atoms with Crippen LogP contribution in [-0.4, -0.2) is 11.1 Å². The standard InChI is InChI=1S/C14H22O2/c1-12(2)13(3)5-9-4-10(6-13)8-14(12,7-9)11(15)16/h9-10H,4-8H2,1-3H3,(H,15,16). The maximum absolute atomic E-state index is 11.8. The molecule has 4 saturated carbocycles. The molecule has 4 fully saturated rings. The van der Waals surface area contributed by atoms with Crippen molar-refractivity contribution >= 4 is 5.97 Å². The smallest absolute Gasteiger partial charge is 0.310 e. The summed E-state index contributed by atoms with van der Waals surface area (Å²) in [6.45, 7) is 6.75. The van der Waals surface area contributed by atoms with Crippen LogP contribution in [0.1, 0.15) is 52.9 Å². The van der Waals surface area contributed by atoms with E-state index in [4.69, 9.17) is 0 Å². The molecule has 0 heterocycles. The fourth-order valence-corrected chi connectivity index (χ4v) is 5.42. The van der Waals surface area contributed by atoms with Gasteiger partial charge in [0.05, 0.1) is 5.41 Å². The van der Waals surface area contributed by atoms with Crippen LogP contribution in [0.25, 0.3) is 0 Å². The van der Waals surface area contributed by atoms with Gasteiger partial charge < -0.3 is 5.11 Å². The Morgan fingerprint density at radius 2 is 1.56 bits per heavy atom. The van der Waals surface area contributed by atoms with E-state index in [1.807, 2.05) is 0 Å². The van der Waals surface area contributed by atoms with Crippen LogP contribution < -0.4 is 0 Å². The highest BCUT2D eigenvalue weighted by atomic mass is 16.4. The summed E-state index contributed by atoms with van der Waals surface area (Å²) in [5.41, 5.74) is -0.208. The average molecular weight is 222 g/mol. The third-order valence-corrected chi connectivity index (χ3v) is 6.53. The van der Waals surface area contributed by atoms with Crippen LogP contribution in [-0.2, 0) is 4.79 Å². The van der Waals surface area contributed by atoms with Gasteiger partial charge in [0, 0.05) is 0 Å². The van der Waals surface area contributed by atoms with Crippen molar-refractivity contribution in [3.05, 3.63) is 0 Å². The second kappa shape index (κ2) is 2.65. The molecule has 2 heteroatoms. The summed E-state index contributed by atoms with van der Waals surface area (Å²) in [6, 6.07) is 0. The van der Waals surface area contributed by atoms with E-state index in [0.717, 1.165) is 12.8 Å². The Bertz CT molecular complexity index is 342. The van der Waals surface area contributed by atoms with E-state index in [1.54, 1.807) is 0 Å². The predicted octanol–water partition coefficient (Wildman–Crippen LogP) is 3.31. The average Bonchev–Trinajstić information content (AvgIpc) is 2.12. The molecule has 4 aliphatic rings. The second-order valence-electron chi connectivity index (χ2n) is 7.36. The Labute approximate surface area is 97.4 Å². The summed E-state index contributed by atoms with van der Waals surface area (Å²) < 4.78 is 0. The first-order valence-electron chi connectivity index (χ1n) is 6.54. The molecular weight excluding hydrogens is 200 g/mol. The molecule has 0 aliphatic heterocycles. The number of aliphatic carboxylic acids is 1. The van der Waals surface area contributed by atoms with E-state index in [1.165, 1.54) is 19.3 Å². The molecule has 4 aliphatic carbocycles. The fourth-order valence-electron chi connectivity index (χ4n) is 5.42. The Morgan fingerprint density at radius 1 is 1.06 bits per heavy atom. The van der Waals surface area contributed by atoms with Gasteiger partial charge in [0.15, 0.2) is 0 Å². The van der Waals surface area contributed by atoms with E-state index in [0.29, 0.717) is 11.8 Å². The number of hydrogen-bond donors (Lipinski definition) is 1. The lowest BCUT2D eigenvalue weighted by Gasteiger charge is -2.68. The van der Waals surface area contributed by atoms with Crippen molar-refractivity contribution in [1.29, 1.82) is 0 Å². The van der Waals surface area contributed by atoms with Crippen molar-refractivity contribution in [2.75, 3.05) is 0 Å². The quantitative estimate of drug-likeness (QED) is 0.739. The first-order valence-corrected chi connectivity index (χ1v) is 6.54. The zero-order valence-corrected chi connectivity index (χ0v) is 10.5. The molecule has 4 bridgehead atoms. The molecule has 4 rings (SSSR count). The predicted molar refractivity (Wildman–Crippen MR) is 62.0 cm³/mol. The molecule has 16 heavy (non-hydrogen) atoms. The van der Waals surface area contributed by atoms with Gasteiger partial charge in [0.1, 0.15) is 0 Å². The third kappa shape index (κ3) is 0.930. The molecule has 90 valence electrons. The Hall–Kier alpha value is -0.530. The van der Waals surface area contributed by atoms with Crippen molar-refractivity contribution in [1.82, 2.24) is 0 Å². The molecule has 0 amide bonds. The highest BCUT2D eigenvalue weighted by molar-refractivity contribution is 5.77. The lowest BCUT2D eigenvalue weighted by atomic mass is 9.35. The molecule has 0 aromatic rings. The summed E-state index contributed by atoms with van der Waals surface area (Å²) >= 11 is 0. The number of carboxylic acids is 1. The van der Waals surface area contributed by atoms with Crippen LogP contribution in [0.2, 0.25) is 0 Å². The highest BCUT2D eigenvalue weighted by Gasteiger charge is 2.69. The zero-order chi connectivity index (χ0) is 11.8. The Morgan fingerprint density at radius 3 is 2.00 bits per heavy atom. The molecule has 0 saturated heterocycles. The van der Waals surface area contributed by atoms with Gasteiger partial charge in [-0.3, -0.25) is 4.79 Å². The molecule has 2 unspecified atom stereocenters. The minimum Gasteiger partial charge on any atom is -0.481 e. The molecule has 0 spiro atoms. The molecule has 1 N–H and O–H groups in total. The van der Waals surface area contributed by atoms with Gasteiger partial charge in [0.2, 0.25) is 0 Å². The number of carbonyl (C=O) groups is 1. The summed E-state index contributed by atoms with van der Waals surface area (Å²) in [7, 11) is 0. The normalized spacial score (nSPS) is 52.9. The van der Waals surface area contributed by atoms with Crippen LogP contribution in [0, 0.1) is 28.1 Å². The van der Waals surface area contributed by atoms with Crippen LogP contribution in [0.4, 0.5) is 0 Å². The molecule has 0 radical (unpaired) electrons. The Balaban J connectivity index is 2.15. The van der Waals surface area contributed by atoms with E-state index >= 15 is 0 Å². The van der Waals surface area contributed by atoms with Gasteiger partial charge in [-0.05, 0) is 54.8 Å². The van der Waals surface area contributed by atoms with E-state index < -0.39 is 11.4 Å². The first kappa shape index (κ1) is 10.6. The number of rotatable bonds is 1. The summed E-state index contributed by atoms with van der Waals surface area (Å²) in [5.74, 6) is 0.834. The SMILES string of the molecule is CC12CC3CC(C1)CC(C(=O)O)(C3)C2(C)C. The summed E-state index contributed by atoms with van der Waals surface area (Å²) in [4.78, 5) is 11.8. The minimum absolute atomic E-state index is 0.0424. The molecular formula is C14H22O2. The van der Waals surface area contributed by atoms with Gasteiger partial charge in [-0.15, -0.1) is 0 Å². The van der Waals surface area contributed by atoms with Crippen molar-refractivity contribution in [2.45, 2.75) is 52.9 Å². The topological polar surface area (TPSA) is 37.3 Å². The van der Waals surface area contributed by atoms with Crippen LogP contribution in [0.3, 0.4) is 0 Å². The van der Waals surface area contributed by atoms with Crippen molar-refractivity contribution in [3.8, 4) is 0 Å². The van der Waals surface area contributed by atoms with E-state index in [9.17, 15) is 9.90 Å². The Kier molecular flexibility index (Phi) is 1.76. The lowest BCUT2D eigenvalue weighted by molar-refractivity contribution is -0.222.